The number of anilines is 1. The molecule has 0 radical (unpaired) electrons. The van der Waals surface area contributed by atoms with Crippen molar-refractivity contribution < 1.29 is 28.5 Å². The minimum atomic E-state index is -0.897. The molecule has 7 heteroatoms. The van der Waals surface area contributed by atoms with Gasteiger partial charge in [0.2, 0.25) is 6.10 Å². The van der Waals surface area contributed by atoms with E-state index in [-0.39, 0.29) is 12.5 Å². The Morgan fingerprint density at radius 1 is 1.04 bits per heavy atom. The summed E-state index contributed by atoms with van der Waals surface area (Å²) in [4.78, 5) is 26.6. The van der Waals surface area contributed by atoms with Crippen molar-refractivity contribution in [2.24, 2.45) is 0 Å². The largest absolute Gasteiger partial charge is 0.497 e. The fraction of sp³-hybridized carbons (Fsp3) is 0.263. The molecule has 1 aliphatic rings. The van der Waals surface area contributed by atoms with E-state index in [1.165, 1.54) is 26.2 Å². The number of hydrogen-bond donors (Lipinski definition) is 0. The number of carbonyl (C=O) groups is 2. The highest BCUT2D eigenvalue weighted by atomic mass is 16.6. The van der Waals surface area contributed by atoms with Gasteiger partial charge in [0.1, 0.15) is 17.2 Å². The predicted octanol–water partition coefficient (Wildman–Crippen LogP) is 2.28. The van der Waals surface area contributed by atoms with Crippen molar-refractivity contribution in [1.82, 2.24) is 0 Å². The van der Waals surface area contributed by atoms with Crippen molar-refractivity contribution in [1.29, 1.82) is 0 Å². The maximum absolute atomic E-state index is 13.2. The molecular weight excluding hydrogens is 338 g/mol. The van der Waals surface area contributed by atoms with Crippen LogP contribution in [0.4, 0.5) is 5.69 Å². The van der Waals surface area contributed by atoms with Crippen LogP contribution in [0, 0.1) is 0 Å². The Kier molecular flexibility index (Phi) is 4.97. The van der Waals surface area contributed by atoms with Gasteiger partial charge in [0.15, 0.2) is 0 Å². The number of rotatable bonds is 4. The molecule has 0 bridgehead atoms. The number of benzene rings is 2. The van der Waals surface area contributed by atoms with Crippen LogP contribution in [0.3, 0.4) is 0 Å². The van der Waals surface area contributed by atoms with Crippen molar-refractivity contribution >= 4 is 17.6 Å². The number of fused-ring (bicyclic) bond motifs is 1. The third kappa shape index (κ3) is 3.28. The fourth-order valence-corrected chi connectivity index (χ4v) is 2.77. The Morgan fingerprint density at radius 3 is 2.31 bits per heavy atom. The predicted molar refractivity (Wildman–Crippen MR) is 94.1 cm³/mol. The standard InChI is InChI=1S/C19H19NO6/c1-23-13-8-12(9-14(10-13)24-2)18(21)20-11-17(19(22)25-3)26-16-7-5-4-6-15(16)20/h4-10,17H,11H2,1-3H3. The van der Waals surface area contributed by atoms with E-state index >= 15 is 0 Å². The highest BCUT2D eigenvalue weighted by Crippen LogP contribution is 2.35. The van der Waals surface area contributed by atoms with Gasteiger partial charge in [0, 0.05) is 11.6 Å². The maximum atomic E-state index is 13.2. The monoisotopic (exact) mass is 357 g/mol. The third-order valence-electron chi connectivity index (χ3n) is 4.08. The molecule has 2 aromatic rings. The summed E-state index contributed by atoms with van der Waals surface area (Å²) in [6, 6.07) is 12.0. The van der Waals surface area contributed by atoms with Gasteiger partial charge < -0.3 is 23.8 Å². The lowest BCUT2D eigenvalue weighted by atomic mass is 10.1. The summed E-state index contributed by atoms with van der Waals surface area (Å²) in [6.45, 7) is 0.0437. The Morgan fingerprint density at radius 2 is 1.69 bits per heavy atom. The molecule has 0 saturated heterocycles. The minimum absolute atomic E-state index is 0.0437. The lowest BCUT2D eigenvalue weighted by Gasteiger charge is -2.33. The van der Waals surface area contributed by atoms with Gasteiger partial charge in [-0.15, -0.1) is 0 Å². The zero-order chi connectivity index (χ0) is 18.7. The van der Waals surface area contributed by atoms with Gasteiger partial charge >= 0.3 is 5.97 Å². The zero-order valence-electron chi connectivity index (χ0n) is 14.7. The second-order valence-electron chi connectivity index (χ2n) is 5.61. The molecule has 1 unspecified atom stereocenters. The van der Waals surface area contributed by atoms with Crippen LogP contribution in [0.1, 0.15) is 10.4 Å². The molecule has 0 N–H and O–H groups in total. The van der Waals surface area contributed by atoms with Crippen LogP contribution in [0.15, 0.2) is 42.5 Å². The maximum Gasteiger partial charge on any atom is 0.348 e. The van der Waals surface area contributed by atoms with E-state index in [0.29, 0.717) is 28.5 Å². The first-order valence-corrected chi connectivity index (χ1v) is 7.95. The second-order valence-corrected chi connectivity index (χ2v) is 5.61. The SMILES string of the molecule is COC(=O)C1CN(C(=O)c2cc(OC)cc(OC)c2)c2ccccc2O1. The molecule has 0 aliphatic carbocycles. The van der Waals surface area contributed by atoms with Gasteiger partial charge in [-0.2, -0.15) is 0 Å². The number of esters is 1. The Hall–Kier alpha value is -3.22. The molecule has 0 aromatic heterocycles. The summed E-state index contributed by atoms with van der Waals surface area (Å²) < 4.78 is 20.9. The summed E-state index contributed by atoms with van der Waals surface area (Å²) in [5, 5.41) is 0. The number of hydrogen-bond acceptors (Lipinski definition) is 6. The van der Waals surface area contributed by atoms with Crippen molar-refractivity contribution in [3.8, 4) is 17.2 Å². The molecule has 1 aliphatic heterocycles. The van der Waals surface area contributed by atoms with Gasteiger partial charge in [-0.3, -0.25) is 4.79 Å². The number of ether oxygens (including phenoxy) is 4. The molecule has 0 spiro atoms. The molecule has 1 atom stereocenters. The van der Waals surface area contributed by atoms with E-state index in [0.717, 1.165) is 0 Å². The molecule has 1 heterocycles. The molecule has 7 nitrogen and oxygen atoms in total. The quantitative estimate of drug-likeness (QED) is 0.782. The van der Waals surface area contributed by atoms with Crippen LogP contribution in [0.5, 0.6) is 17.2 Å². The van der Waals surface area contributed by atoms with Gasteiger partial charge in [0.05, 0.1) is 33.6 Å². The lowest BCUT2D eigenvalue weighted by molar-refractivity contribution is -0.148. The first kappa shape index (κ1) is 17.6. The van der Waals surface area contributed by atoms with E-state index in [2.05, 4.69) is 0 Å². The number of methoxy groups -OCH3 is 3. The summed E-state index contributed by atoms with van der Waals surface area (Å²) in [5.74, 6) is 0.599. The second kappa shape index (κ2) is 7.35. The lowest BCUT2D eigenvalue weighted by Crippen LogP contribution is -2.47. The van der Waals surface area contributed by atoms with Crippen molar-refractivity contribution in [2.45, 2.75) is 6.10 Å². The van der Waals surface area contributed by atoms with Crippen molar-refractivity contribution in [3.05, 3.63) is 48.0 Å². The van der Waals surface area contributed by atoms with E-state index in [4.69, 9.17) is 18.9 Å². The molecule has 2 aromatic carbocycles. The first-order valence-electron chi connectivity index (χ1n) is 7.95. The van der Waals surface area contributed by atoms with E-state index in [1.54, 1.807) is 42.5 Å². The van der Waals surface area contributed by atoms with E-state index in [1.807, 2.05) is 0 Å². The molecular formula is C19H19NO6. The molecule has 3 rings (SSSR count). The van der Waals surface area contributed by atoms with E-state index in [9.17, 15) is 9.59 Å². The molecule has 0 fully saturated rings. The zero-order valence-corrected chi connectivity index (χ0v) is 14.7. The van der Waals surface area contributed by atoms with Crippen LogP contribution < -0.4 is 19.1 Å². The number of nitrogens with zero attached hydrogens (tertiary/aromatic N) is 1. The van der Waals surface area contributed by atoms with Crippen molar-refractivity contribution in [2.75, 3.05) is 32.8 Å². The van der Waals surface area contributed by atoms with Gasteiger partial charge in [-0.25, -0.2) is 4.79 Å². The summed E-state index contributed by atoms with van der Waals surface area (Å²) in [6.07, 6.45) is -0.897. The molecule has 1 amide bonds. The van der Waals surface area contributed by atoms with Gasteiger partial charge in [0.25, 0.3) is 5.91 Å². The first-order chi connectivity index (χ1) is 12.6. The van der Waals surface area contributed by atoms with E-state index < -0.39 is 12.1 Å². The normalized spacial score (nSPS) is 15.5. The average molecular weight is 357 g/mol. The number of carbonyl (C=O) groups excluding carboxylic acids is 2. The topological polar surface area (TPSA) is 74.3 Å². The molecule has 26 heavy (non-hydrogen) atoms. The smallest absolute Gasteiger partial charge is 0.348 e. The summed E-state index contributed by atoms with van der Waals surface area (Å²) in [7, 11) is 4.31. The van der Waals surface area contributed by atoms with Gasteiger partial charge in [-0.05, 0) is 24.3 Å². The van der Waals surface area contributed by atoms with Crippen LogP contribution >= 0.6 is 0 Å². The van der Waals surface area contributed by atoms with Crippen LogP contribution in [-0.4, -0.2) is 45.9 Å². The van der Waals surface area contributed by atoms with Crippen LogP contribution in [0.25, 0.3) is 0 Å². The Labute approximate surface area is 151 Å². The van der Waals surface area contributed by atoms with Crippen LogP contribution in [0.2, 0.25) is 0 Å². The van der Waals surface area contributed by atoms with Gasteiger partial charge in [-0.1, -0.05) is 12.1 Å². The average Bonchev–Trinajstić information content (AvgIpc) is 2.71. The Balaban J connectivity index is 2.01. The minimum Gasteiger partial charge on any atom is -0.497 e. The molecule has 136 valence electrons. The summed E-state index contributed by atoms with van der Waals surface area (Å²) in [5.41, 5.74) is 0.959. The highest BCUT2D eigenvalue weighted by Gasteiger charge is 2.35. The van der Waals surface area contributed by atoms with Crippen LogP contribution in [-0.2, 0) is 9.53 Å². The number of amides is 1. The highest BCUT2D eigenvalue weighted by molar-refractivity contribution is 6.08. The molecule has 0 saturated carbocycles. The third-order valence-corrected chi connectivity index (χ3v) is 4.08. The summed E-state index contributed by atoms with van der Waals surface area (Å²) >= 11 is 0. The van der Waals surface area contributed by atoms with Crippen molar-refractivity contribution in [3.63, 3.8) is 0 Å². The fourth-order valence-electron chi connectivity index (χ4n) is 2.77. The Bertz CT molecular complexity index is 812. The number of para-hydroxylation sites is 2.